The van der Waals surface area contributed by atoms with Crippen LogP contribution in [0.5, 0.6) is 0 Å². The zero-order valence-electron chi connectivity index (χ0n) is 16.1. The molecule has 2 amide bonds. The van der Waals surface area contributed by atoms with Gasteiger partial charge in [0.05, 0.1) is 11.4 Å². The minimum absolute atomic E-state index is 0.0190. The number of halogens is 1. The van der Waals surface area contributed by atoms with E-state index in [1.54, 1.807) is 17.0 Å². The van der Waals surface area contributed by atoms with Crippen LogP contribution in [0.15, 0.2) is 53.5 Å². The monoisotopic (exact) mass is 411 g/mol. The molecule has 150 valence electrons. The molecule has 0 spiro atoms. The highest BCUT2D eigenvalue weighted by Crippen LogP contribution is 2.39. The summed E-state index contributed by atoms with van der Waals surface area (Å²) in [6.07, 6.45) is 2.84. The molecule has 1 aliphatic carbocycles. The van der Waals surface area contributed by atoms with Gasteiger partial charge in [0.2, 0.25) is 11.8 Å². The number of carbonyl (C=O) groups is 2. The van der Waals surface area contributed by atoms with Crippen LogP contribution in [0.2, 0.25) is 0 Å². The normalized spacial score (nSPS) is 20.3. The molecule has 2 aliphatic rings. The van der Waals surface area contributed by atoms with Gasteiger partial charge in [0.15, 0.2) is 5.17 Å². The quantitative estimate of drug-likeness (QED) is 0.761. The Labute approximate surface area is 173 Å². The SMILES string of the molecule is CCc1ccc(N=C2S[C@H](CC(=O)Nc3ccccc3F)C(=O)N2C2CC2)cc1. The molecule has 0 unspecified atom stereocenters. The van der Waals surface area contributed by atoms with Crippen LogP contribution >= 0.6 is 11.8 Å². The van der Waals surface area contributed by atoms with Crippen molar-refractivity contribution in [1.82, 2.24) is 4.90 Å². The first kappa shape index (κ1) is 19.6. The highest BCUT2D eigenvalue weighted by Gasteiger charge is 2.46. The molecular weight excluding hydrogens is 389 g/mol. The number of nitrogens with one attached hydrogen (secondary N) is 1. The van der Waals surface area contributed by atoms with E-state index >= 15 is 0 Å². The van der Waals surface area contributed by atoms with E-state index in [0.717, 1.165) is 24.9 Å². The number of thioether (sulfide) groups is 1. The third-order valence-electron chi connectivity index (χ3n) is 4.97. The molecule has 0 bridgehead atoms. The lowest BCUT2D eigenvalue weighted by Crippen LogP contribution is -2.35. The number of hydrogen-bond donors (Lipinski definition) is 1. The van der Waals surface area contributed by atoms with E-state index in [1.165, 1.54) is 29.5 Å². The van der Waals surface area contributed by atoms with Gasteiger partial charge in [-0.15, -0.1) is 0 Å². The summed E-state index contributed by atoms with van der Waals surface area (Å²) in [5, 5.41) is 2.66. The number of amides is 2. The second-order valence-electron chi connectivity index (χ2n) is 7.19. The fourth-order valence-electron chi connectivity index (χ4n) is 3.21. The summed E-state index contributed by atoms with van der Waals surface area (Å²) in [5.74, 6) is -0.973. The number of nitrogens with zero attached hydrogens (tertiary/aromatic N) is 2. The smallest absolute Gasteiger partial charge is 0.242 e. The van der Waals surface area contributed by atoms with E-state index in [2.05, 4.69) is 17.2 Å². The highest BCUT2D eigenvalue weighted by molar-refractivity contribution is 8.15. The Bertz CT molecular complexity index is 957. The summed E-state index contributed by atoms with van der Waals surface area (Å²) in [5.41, 5.74) is 2.14. The maximum atomic E-state index is 13.8. The van der Waals surface area contributed by atoms with Gasteiger partial charge in [-0.3, -0.25) is 14.5 Å². The minimum Gasteiger partial charge on any atom is -0.324 e. The average molecular weight is 412 g/mol. The summed E-state index contributed by atoms with van der Waals surface area (Å²) in [7, 11) is 0. The van der Waals surface area contributed by atoms with Gasteiger partial charge in [0.25, 0.3) is 0 Å². The van der Waals surface area contributed by atoms with E-state index in [9.17, 15) is 14.0 Å². The first-order chi connectivity index (χ1) is 14.0. The lowest BCUT2D eigenvalue weighted by atomic mass is 10.2. The molecule has 5 nitrogen and oxygen atoms in total. The fourth-order valence-corrected chi connectivity index (χ4v) is 4.43. The van der Waals surface area contributed by atoms with Crippen molar-refractivity contribution in [1.29, 1.82) is 0 Å². The lowest BCUT2D eigenvalue weighted by Gasteiger charge is -2.15. The second-order valence-corrected chi connectivity index (χ2v) is 8.36. The third kappa shape index (κ3) is 4.50. The van der Waals surface area contributed by atoms with Crippen molar-refractivity contribution in [2.45, 2.75) is 43.9 Å². The van der Waals surface area contributed by atoms with Crippen molar-refractivity contribution in [3.05, 3.63) is 59.9 Å². The molecule has 1 saturated heterocycles. The Morgan fingerprint density at radius 1 is 1.21 bits per heavy atom. The zero-order valence-corrected chi connectivity index (χ0v) is 16.9. The number of anilines is 1. The molecule has 1 heterocycles. The highest BCUT2D eigenvalue weighted by atomic mass is 32.2. The molecule has 7 heteroatoms. The third-order valence-corrected chi connectivity index (χ3v) is 6.12. The molecular formula is C22H22FN3O2S. The van der Waals surface area contributed by atoms with Gasteiger partial charge in [-0.2, -0.15) is 0 Å². The van der Waals surface area contributed by atoms with Gasteiger partial charge in [0.1, 0.15) is 11.1 Å². The maximum absolute atomic E-state index is 13.8. The van der Waals surface area contributed by atoms with Crippen LogP contribution in [0, 0.1) is 5.82 Å². The molecule has 1 aliphatic heterocycles. The van der Waals surface area contributed by atoms with Crippen LogP contribution in [0.4, 0.5) is 15.8 Å². The minimum atomic E-state index is -0.545. The zero-order chi connectivity index (χ0) is 20.4. The standard InChI is InChI=1S/C22H22FN3O2S/c1-2-14-7-9-15(10-8-14)24-22-26(16-11-12-16)21(28)19(29-22)13-20(27)25-18-6-4-3-5-17(18)23/h3-10,16,19H,2,11-13H2,1H3,(H,25,27)/t19-/m1/s1. The maximum Gasteiger partial charge on any atom is 0.242 e. The van der Waals surface area contributed by atoms with Gasteiger partial charge in [0, 0.05) is 12.5 Å². The molecule has 0 aromatic heterocycles. The first-order valence-electron chi connectivity index (χ1n) is 9.77. The van der Waals surface area contributed by atoms with Gasteiger partial charge >= 0.3 is 0 Å². The lowest BCUT2D eigenvalue weighted by molar-refractivity contribution is -0.128. The second kappa shape index (κ2) is 8.37. The number of para-hydroxylation sites is 1. The van der Waals surface area contributed by atoms with E-state index in [-0.39, 0.29) is 30.0 Å². The molecule has 1 N–H and O–H groups in total. The number of carbonyl (C=O) groups excluding carboxylic acids is 2. The average Bonchev–Trinajstić information content (AvgIpc) is 3.50. The summed E-state index contributed by atoms with van der Waals surface area (Å²) >= 11 is 1.31. The van der Waals surface area contributed by atoms with Crippen molar-refractivity contribution < 1.29 is 14.0 Å². The summed E-state index contributed by atoms with van der Waals surface area (Å²) < 4.78 is 13.8. The first-order valence-corrected chi connectivity index (χ1v) is 10.6. The van der Waals surface area contributed by atoms with E-state index in [4.69, 9.17) is 0 Å². The predicted octanol–water partition coefficient (Wildman–Crippen LogP) is 4.51. The molecule has 2 aromatic rings. The molecule has 4 rings (SSSR count). The van der Waals surface area contributed by atoms with Crippen LogP contribution in [0.1, 0.15) is 31.7 Å². The van der Waals surface area contributed by atoms with Crippen LogP contribution < -0.4 is 5.32 Å². The Balaban J connectivity index is 1.48. The van der Waals surface area contributed by atoms with Crippen molar-refractivity contribution in [2.75, 3.05) is 5.32 Å². The molecule has 29 heavy (non-hydrogen) atoms. The molecule has 2 fully saturated rings. The molecule has 2 aromatic carbocycles. The van der Waals surface area contributed by atoms with E-state index in [1.807, 2.05) is 24.3 Å². The van der Waals surface area contributed by atoms with Crippen LogP contribution in [0.25, 0.3) is 0 Å². The topological polar surface area (TPSA) is 61.8 Å². The molecule has 1 saturated carbocycles. The molecule has 1 atom stereocenters. The number of aliphatic imine (C=N–C) groups is 1. The van der Waals surface area contributed by atoms with Crippen molar-refractivity contribution in [3.8, 4) is 0 Å². The van der Waals surface area contributed by atoms with Crippen molar-refractivity contribution in [3.63, 3.8) is 0 Å². The number of amidine groups is 1. The summed E-state index contributed by atoms with van der Waals surface area (Å²) in [6.45, 7) is 2.10. The fraction of sp³-hybridized carbons (Fsp3) is 0.318. The van der Waals surface area contributed by atoms with Gasteiger partial charge in [-0.05, 0) is 49.1 Å². The largest absolute Gasteiger partial charge is 0.324 e. The van der Waals surface area contributed by atoms with E-state index < -0.39 is 11.1 Å². The van der Waals surface area contributed by atoms with E-state index in [0.29, 0.717) is 5.17 Å². The number of hydrogen-bond acceptors (Lipinski definition) is 4. The van der Waals surface area contributed by atoms with Gasteiger partial charge in [-0.1, -0.05) is 43.0 Å². The number of rotatable bonds is 6. The van der Waals surface area contributed by atoms with Crippen LogP contribution in [-0.4, -0.2) is 33.2 Å². The summed E-state index contributed by atoms with van der Waals surface area (Å²) in [6, 6.07) is 14.1. The molecule has 0 radical (unpaired) electrons. The van der Waals surface area contributed by atoms with Crippen LogP contribution in [0.3, 0.4) is 0 Å². The number of aryl methyl sites for hydroxylation is 1. The summed E-state index contributed by atoms with van der Waals surface area (Å²) in [4.78, 5) is 31.7. The van der Waals surface area contributed by atoms with Gasteiger partial charge < -0.3 is 5.32 Å². The number of benzene rings is 2. The Hall–Kier alpha value is -2.67. The Morgan fingerprint density at radius 3 is 2.59 bits per heavy atom. The Morgan fingerprint density at radius 2 is 1.93 bits per heavy atom. The van der Waals surface area contributed by atoms with Crippen molar-refractivity contribution in [2.24, 2.45) is 4.99 Å². The predicted molar refractivity (Wildman–Crippen MR) is 114 cm³/mol. The van der Waals surface area contributed by atoms with Gasteiger partial charge in [-0.25, -0.2) is 9.38 Å². The van der Waals surface area contributed by atoms with Crippen molar-refractivity contribution >= 4 is 40.1 Å². The Kier molecular flexibility index (Phi) is 5.67. The van der Waals surface area contributed by atoms with Crippen LogP contribution in [-0.2, 0) is 16.0 Å².